The van der Waals surface area contributed by atoms with E-state index in [4.69, 9.17) is 4.74 Å². The van der Waals surface area contributed by atoms with E-state index in [-0.39, 0.29) is 0 Å². The van der Waals surface area contributed by atoms with E-state index in [1.165, 1.54) is 0 Å². The van der Waals surface area contributed by atoms with Crippen molar-refractivity contribution >= 4 is 11.6 Å². The second kappa shape index (κ2) is 5.70. The van der Waals surface area contributed by atoms with Crippen molar-refractivity contribution in [2.24, 2.45) is 0 Å². The third-order valence-corrected chi connectivity index (χ3v) is 2.68. The van der Waals surface area contributed by atoms with E-state index in [0.29, 0.717) is 6.04 Å². The molecule has 1 fully saturated rings. The molecule has 1 saturated heterocycles. The van der Waals surface area contributed by atoms with Crippen molar-refractivity contribution in [2.45, 2.75) is 25.8 Å². The summed E-state index contributed by atoms with van der Waals surface area (Å²) in [6.45, 7) is 4.67. The summed E-state index contributed by atoms with van der Waals surface area (Å²) in [6, 6.07) is 6.51. The topological polar surface area (TPSA) is 46.2 Å². The highest BCUT2D eigenvalue weighted by Gasteiger charge is 2.13. The Hall–Kier alpha value is -1.29. The van der Waals surface area contributed by atoms with Gasteiger partial charge in [0, 0.05) is 25.8 Å². The number of ether oxygens (including phenoxy) is 1. The van der Waals surface area contributed by atoms with Gasteiger partial charge in [0.1, 0.15) is 11.6 Å². The molecule has 1 aromatic rings. The molecule has 2 rings (SSSR count). The van der Waals surface area contributed by atoms with E-state index in [1.54, 1.807) is 0 Å². The number of hydrogen-bond donors (Lipinski definition) is 2. The van der Waals surface area contributed by atoms with Crippen molar-refractivity contribution < 1.29 is 4.74 Å². The molecule has 0 radical (unpaired) electrons. The molecule has 0 unspecified atom stereocenters. The van der Waals surface area contributed by atoms with E-state index >= 15 is 0 Å². The standard InChI is InChI=1S/C12H19N3O/c1-2-13-11-4-3-5-12(15-11)14-10-6-8-16-9-7-10/h3-5,10H,2,6-9H2,1H3,(H2,13,14,15). The quantitative estimate of drug-likeness (QED) is 0.817. The maximum Gasteiger partial charge on any atom is 0.128 e. The van der Waals surface area contributed by atoms with E-state index < -0.39 is 0 Å². The molecule has 1 aliphatic heterocycles. The number of rotatable bonds is 4. The van der Waals surface area contributed by atoms with Crippen LogP contribution in [0.5, 0.6) is 0 Å². The van der Waals surface area contributed by atoms with E-state index in [1.807, 2.05) is 18.2 Å². The Balaban J connectivity index is 1.94. The Labute approximate surface area is 96.4 Å². The molecular weight excluding hydrogens is 202 g/mol. The van der Waals surface area contributed by atoms with Crippen molar-refractivity contribution in [1.29, 1.82) is 0 Å². The smallest absolute Gasteiger partial charge is 0.128 e. The molecule has 2 heterocycles. The summed E-state index contributed by atoms with van der Waals surface area (Å²) in [5, 5.41) is 6.66. The number of anilines is 2. The minimum Gasteiger partial charge on any atom is -0.381 e. The van der Waals surface area contributed by atoms with Gasteiger partial charge in [-0.25, -0.2) is 4.98 Å². The van der Waals surface area contributed by atoms with Gasteiger partial charge in [-0.05, 0) is 31.9 Å². The average molecular weight is 221 g/mol. The van der Waals surface area contributed by atoms with Crippen molar-refractivity contribution in [3.05, 3.63) is 18.2 Å². The van der Waals surface area contributed by atoms with Gasteiger partial charge >= 0.3 is 0 Å². The molecule has 0 aromatic carbocycles. The van der Waals surface area contributed by atoms with Gasteiger partial charge in [0.25, 0.3) is 0 Å². The number of hydrogen-bond acceptors (Lipinski definition) is 4. The lowest BCUT2D eigenvalue weighted by Crippen LogP contribution is -2.28. The maximum absolute atomic E-state index is 5.33. The van der Waals surface area contributed by atoms with Crippen LogP contribution in [0.25, 0.3) is 0 Å². The molecule has 0 spiro atoms. The largest absolute Gasteiger partial charge is 0.381 e. The molecule has 2 N–H and O–H groups in total. The normalized spacial score (nSPS) is 17.1. The third-order valence-electron chi connectivity index (χ3n) is 2.68. The number of nitrogens with zero attached hydrogens (tertiary/aromatic N) is 1. The van der Waals surface area contributed by atoms with Crippen LogP contribution < -0.4 is 10.6 Å². The minimum atomic E-state index is 0.498. The first kappa shape index (κ1) is 11.2. The summed E-state index contributed by atoms with van der Waals surface area (Å²) < 4.78 is 5.33. The molecule has 1 aliphatic rings. The van der Waals surface area contributed by atoms with Crippen molar-refractivity contribution in [3.63, 3.8) is 0 Å². The van der Waals surface area contributed by atoms with E-state index in [9.17, 15) is 0 Å². The number of aromatic nitrogens is 1. The Kier molecular flexibility index (Phi) is 3.99. The molecule has 0 saturated carbocycles. The highest BCUT2D eigenvalue weighted by atomic mass is 16.5. The summed E-state index contributed by atoms with van der Waals surface area (Å²) in [7, 11) is 0. The number of pyridine rings is 1. The Bertz CT molecular complexity index is 324. The SMILES string of the molecule is CCNc1cccc(NC2CCOCC2)n1. The molecule has 1 aromatic heterocycles. The Morgan fingerprint density at radius 3 is 2.81 bits per heavy atom. The van der Waals surface area contributed by atoms with Crippen molar-refractivity contribution in [3.8, 4) is 0 Å². The van der Waals surface area contributed by atoms with Gasteiger partial charge in [-0.1, -0.05) is 6.07 Å². The zero-order chi connectivity index (χ0) is 11.2. The molecule has 88 valence electrons. The van der Waals surface area contributed by atoms with Gasteiger partial charge in [-0.2, -0.15) is 0 Å². The second-order valence-electron chi connectivity index (χ2n) is 3.97. The summed E-state index contributed by atoms with van der Waals surface area (Å²) in [6.07, 6.45) is 2.13. The van der Waals surface area contributed by atoms with E-state index in [0.717, 1.165) is 44.2 Å². The van der Waals surface area contributed by atoms with E-state index in [2.05, 4.69) is 22.5 Å². The minimum absolute atomic E-state index is 0.498. The summed E-state index contributed by atoms with van der Waals surface area (Å²) in [4.78, 5) is 4.49. The lowest BCUT2D eigenvalue weighted by atomic mass is 10.1. The second-order valence-corrected chi connectivity index (χ2v) is 3.97. The molecule has 0 aliphatic carbocycles. The summed E-state index contributed by atoms with van der Waals surface area (Å²) >= 11 is 0. The van der Waals surface area contributed by atoms with Crippen LogP contribution in [0.2, 0.25) is 0 Å². The highest BCUT2D eigenvalue weighted by Crippen LogP contribution is 2.14. The van der Waals surface area contributed by atoms with Gasteiger partial charge in [-0.3, -0.25) is 0 Å². The average Bonchev–Trinajstić information content (AvgIpc) is 2.31. The van der Waals surface area contributed by atoms with Crippen LogP contribution in [-0.4, -0.2) is 30.8 Å². The summed E-state index contributed by atoms with van der Waals surface area (Å²) in [5.41, 5.74) is 0. The van der Waals surface area contributed by atoms with Crippen molar-refractivity contribution in [1.82, 2.24) is 4.98 Å². The summed E-state index contributed by atoms with van der Waals surface area (Å²) in [5.74, 6) is 1.88. The van der Waals surface area contributed by atoms with Gasteiger partial charge in [0.2, 0.25) is 0 Å². The van der Waals surface area contributed by atoms with Gasteiger partial charge in [0.05, 0.1) is 0 Å². The number of nitrogens with one attached hydrogen (secondary N) is 2. The van der Waals surface area contributed by atoms with Crippen LogP contribution in [-0.2, 0) is 4.74 Å². The zero-order valence-corrected chi connectivity index (χ0v) is 9.70. The maximum atomic E-state index is 5.33. The fourth-order valence-corrected chi connectivity index (χ4v) is 1.85. The first-order valence-electron chi connectivity index (χ1n) is 5.93. The predicted octanol–water partition coefficient (Wildman–Crippen LogP) is 2.10. The fourth-order valence-electron chi connectivity index (χ4n) is 1.85. The van der Waals surface area contributed by atoms with Crippen LogP contribution in [0.1, 0.15) is 19.8 Å². The Morgan fingerprint density at radius 2 is 2.06 bits per heavy atom. The molecule has 16 heavy (non-hydrogen) atoms. The first-order valence-corrected chi connectivity index (χ1v) is 5.93. The molecular formula is C12H19N3O. The van der Waals surface area contributed by atoms with Crippen LogP contribution in [0, 0.1) is 0 Å². The van der Waals surface area contributed by atoms with Crippen LogP contribution in [0.4, 0.5) is 11.6 Å². The molecule has 0 amide bonds. The lowest BCUT2D eigenvalue weighted by molar-refractivity contribution is 0.0904. The highest BCUT2D eigenvalue weighted by molar-refractivity contribution is 5.45. The fraction of sp³-hybridized carbons (Fsp3) is 0.583. The van der Waals surface area contributed by atoms with Crippen LogP contribution in [0.3, 0.4) is 0 Å². The van der Waals surface area contributed by atoms with Crippen LogP contribution >= 0.6 is 0 Å². The monoisotopic (exact) mass is 221 g/mol. The van der Waals surface area contributed by atoms with Crippen molar-refractivity contribution in [2.75, 3.05) is 30.4 Å². The third kappa shape index (κ3) is 3.10. The van der Waals surface area contributed by atoms with Gasteiger partial charge in [-0.15, -0.1) is 0 Å². The zero-order valence-electron chi connectivity index (χ0n) is 9.70. The van der Waals surface area contributed by atoms with Gasteiger partial charge < -0.3 is 15.4 Å². The predicted molar refractivity (Wildman–Crippen MR) is 65.9 cm³/mol. The van der Waals surface area contributed by atoms with Gasteiger partial charge in [0.15, 0.2) is 0 Å². The molecule has 4 heteroatoms. The molecule has 0 atom stereocenters. The molecule has 0 bridgehead atoms. The first-order chi connectivity index (χ1) is 7.88. The lowest BCUT2D eigenvalue weighted by Gasteiger charge is -2.23. The Morgan fingerprint density at radius 1 is 1.31 bits per heavy atom. The molecule has 4 nitrogen and oxygen atoms in total. The van der Waals surface area contributed by atoms with Crippen LogP contribution in [0.15, 0.2) is 18.2 Å².